The number of hydrogen-bond acceptors (Lipinski definition) is 3. The maximum Gasteiger partial charge on any atom is 0.416 e. The zero-order chi connectivity index (χ0) is 14.9. The molecule has 1 N–H and O–H groups in total. The van der Waals surface area contributed by atoms with Crippen LogP contribution >= 0.6 is 0 Å². The zero-order valence-corrected chi connectivity index (χ0v) is 10.4. The van der Waals surface area contributed by atoms with Crippen LogP contribution in [0.3, 0.4) is 0 Å². The number of nitrogens with zero attached hydrogens (tertiary/aromatic N) is 1. The molecule has 0 aromatic heterocycles. The molecule has 1 amide bonds. The molecule has 0 unspecified atom stereocenters. The fourth-order valence-electron chi connectivity index (χ4n) is 2.10. The number of carbonyl (C=O) groups excluding carboxylic acids is 2. The molecule has 0 radical (unpaired) electrons. The van der Waals surface area contributed by atoms with Crippen molar-refractivity contribution >= 4 is 17.4 Å². The number of alkyl halides is 3. The molecule has 7 heteroatoms. The van der Waals surface area contributed by atoms with E-state index in [2.05, 4.69) is 0 Å². The zero-order valence-electron chi connectivity index (χ0n) is 10.4. The molecule has 1 aliphatic heterocycles. The summed E-state index contributed by atoms with van der Waals surface area (Å²) >= 11 is 0. The first-order valence-corrected chi connectivity index (χ1v) is 6.00. The molecule has 4 nitrogen and oxygen atoms in total. The Morgan fingerprint density at radius 2 is 1.95 bits per heavy atom. The summed E-state index contributed by atoms with van der Waals surface area (Å²) in [6, 6.07) is 2.98. The molecular formula is C13H12F3NO3. The van der Waals surface area contributed by atoms with Crippen molar-refractivity contribution < 1.29 is 27.9 Å². The molecule has 0 saturated carbocycles. The van der Waals surface area contributed by atoms with Gasteiger partial charge in [0.15, 0.2) is 0 Å². The van der Waals surface area contributed by atoms with Gasteiger partial charge in [-0.05, 0) is 24.1 Å². The third kappa shape index (κ3) is 2.67. The summed E-state index contributed by atoms with van der Waals surface area (Å²) in [7, 11) is 0. The molecule has 0 aliphatic carbocycles. The van der Waals surface area contributed by atoms with Gasteiger partial charge in [-0.2, -0.15) is 13.2 Å². The Balaban J connectivity index is 2.45. The number of carbonyl (C=O) groups is 2. The molecule has 1 heterocycles. The highest BCUT2D eigenvalue weighted by Gasteiger charge is 2.35. The first kappa shape index (κ1) is 14.5. The lowest BCUT2D eigenvalue weighted by molar-refractivity contribution is -0.138. The fourth-order valence-corrected chi connectivity index (χ4v) is 2.10. The molecule has 1 aromatic rings. The number of hydrogen-bond donors (Lipinski definition) is 1. The van der Waals surface area contributed by atoms with Crippen molar-refractivity contribution in [2.24, 2.45) is 0 Å². The molecule has 1 aromatic carbocycles. The predicted octanol–water partition coefficient (Wildman–Crippen LogP) is 1.55. The maximum absolute atomic E-state index is 12.7. The van der Waals surface area contributed by atoms with Crippen molar-refractivity contribution in [3.63, 3.8) is 0 Å². The second-order valence-electron chi connectivity index (χ2n) is 4.48. The lowest BCUT2D eigenvalue weighted by atomic mass is 9.98. The summed E-state index contributed by atoms with van der Waals surface area (Å²) in [6.07, 6.45) is -4.52. The normalized spacial score (nSPS) is 15.5. The number of amides is 1. The minimum Gasteiger partial charge on any atom is -0.396 e. The Bertz CT molecular complexity index is 554. The maximum atomic E-state index is 12.7. The van der Waals surface area contributed by atoms with Crippen molar-refractivity contribution in [1.29, 1.82) is 0 Å². The average Bonchev–Trinajstić information content (AvgIpc) is 2.38. The summed E-state index contributed by atoms with van der Waals surface area (Å²) in [4.78, 5) is 24.3. The Morgan fingerprint density at radius 3 is 2.55 bits per heavy atom. The Hall–Kier alpha value is -1.89. The van der Waals surface area contributed by atoms with Gasteiger partial charge in [0.05, 0.1) is 5.56 Å². The van der Waals surface area contributed by atoms with Crippen molar-refractivity contribution in [2.75, 3.05) is 18.1 Å². The van der Waals surface area contributed by atoms with Gasteiger partial charge >= 0.3 is 6.18 Å². The quantitative estimate of drug-likeness (QED) is 0.858. The highest BCUT2D eigenvalue weighted by molar-refractivity contribution is 6.43. The number of fused-ring (bicyclic) bond motifs is 1. The molecule has 0 fully saturated rings. The Labute approximate surface area is 112 Å². The van der Waals surface area contributed by atoms with E-state index in [0.29, 0.717) is 5.56 Å². The topological polar surface area (TPSA) is 57.6 Å². The van der Waals surface area contributed by atoms with Gasteiger partial charge in [0.1, 0.15) is 0 Å². The summed E-state index contributed by atoms with van der Waals surface area (Å²) in [5.41, 5.74) is -0.384. The van der Waals surface area contributed by atoms with E-state index >= 15 is 0 Å². The van der Waals surface area contributed by atoms with Crippen LogP contribution in [0.5, 0.6) is 0 Å². The van der Waals surface area contributed by atoms with Gasteiger partial charge in [-0.3, -0.25) is 9.59 Å². The fraction of sp³-hybridized carbons (Fsp3) is 0.385. The van der Waals surface area contributed by atoms with Gasteiger partial charge in [0.2, 0.25) is 5.78 Å². The molecule has 108 valence electrons. The van der Waals surface area contributed by atoms with Crippen molar-refractivity contribution in [3.8, 4) is 0 Å². The third-order valence-electron chi connectivity index (χ3n) is 3.08. The van der Waals surface area contributed by atoms with Gasteiger partial charge in [-0.15, -0.1) is 0 Å². The van der Waals surface area contributed by atoms with E-state index < -0.39 is 23.4 Å². The van der Waals surface area contributed by atoms with Crippen LogP contribution in [0, 0.1) is 0 Å². The first-order valence-electron chi connectivity index (χ1n) is 6.00. The number of rotatable bonds is 3. The SMILES string of the molecule is O=C1Cc2ccc(C(F)(F)F)cc2N(CCCO)C1=O. The second kappa shape index (κ2) is 5.24. The van der Waals surface area contributed by atoms with Crippen LogP contribution < -0.4 is 4.90 Å². The number of aliphatic hydroxyl groups is 1. The molecular weight excluding hydrogens is 275 g/mol. The first-order chi connectivity index (χ1) is 9.34. The lowest BCUT2D eigenvalue weighted by Crippen LogP contribution is -2.42. The van der Waals surface area contributed by atoms with E-state index in [4.69, 9.17) is 5.11 Å². The Kier molecular flexibility index (Phi) is 3.80. The number of benzene rings is 1. The highest BCUT2D eigenvalue weighted by Crippen LogP contribution is 2.35. The van der Waals surface area contributed by atoms with Gasteiger partial charge in [0.25, 0.3) is 5.91 Å². The third-order valence-corrected chi connectivity index (χ3v) is 3.08. The van der Waals surface area contributed by atoms with Gasteiger partial charge in [0, 0.05) is 25.3 Å². The molecule has 2 rings (SSSR count). The second-order valence-corrected chi connectivity index (χ2v) is 4.48. The minimum absolute atomic E-state index is 0.00931. The minimum atomic E-state index is -4.51. The van der Waals surface area contributed by atoms with E-state index in [1.54, 1.807) is 0 Å². The molecule has 0 saturated heterocycles. The summed E-state index contributed by atoms with van der Waals surface area (Å²) < 4.78 is 38.1. The van der Waals surface area contributed by atoms with E-state index in [1.165, 1.54) is 6.07 Å². The number of halogens is 3. The van der Waals surface area contributed by atoms with Crippen LogP contribution in [0.2, 0.25) is 0 Å². The van der Waals surface area contributed by atoms with E-state index in [-0.39, 0.29) is 31.7 Å². The number of Topliss-reactive ketones (excluding diaryl/α,β-unsaturated/α-hetero) is 1. The van der Waals surface area contributed by atoms with Gasteiger partial charge in [-0.25, -0.2) is 0 Å². The molecule has 0 spiro atoms. The van der Waals surface area contributed by atoms with Crippen molar-refractivity contribution in [3.05, 3.63) is 29.3 Å². The van der Waals surface area contributed by atoms with Crippen LogP contribution in [-0.2, 0) is 22.2 Å². The average molecular weight is 287 g/mol. The monoisotopic (exact) mass is 287 g/mol. The molecule has 0 bridgehead atoms. The van der Waals surface area contributed by atoms with Crippen LogP contribution in [0.1, 0.15) is 17.5 Å². The van der Waals surface area contributed by atoms with E-state index in [1.807, 2.05) is 0 Å². The largest absolute Gasteiger partial charge is 0.416 e. The van der Waals surface area contributed by atoms with E-state index in [9.17, 15) is 22.8 Å². The summed E-state index contributed by atoms with van der Waals surface area (Å²) in [5, 5.41) is 8.78. The summed E-state index contributed by atoms with van der Waals surface area (Å²) in [5.74, 6) is -1.49. The van der Waals surface area contributed by atoms with Crippen LogP contribution in [0.25, 0.3) is 0 Å². The number of ketones is 1. The van der Waals surface area contributed by atoms with Gasteiger partial charge < -0.3 is 10.0 Å². The van der Waals surface area contributed by atoms with Crippen molar-refractivity contribution in [2.45, 2.75) is 19.0 Å². The number of anilines is 1. The molecule has 1 aliphatic rings. The highest BCUT2D eigenvalue weighted by atomic mass is 19.4. The van der Waals surface area contributed by atoms with Crippen LogP contribution in [-0.4, -0.2) is 29.9 Å². The molecule has 0 atom stereocenters. The molecule has 20 heavy (non-hydrogen) atoms. The Morgan fingerprint density at radius 1 is 1.25 bits per heavy atom. The van der Waals surface area contributed by atoms with E-state index in [0.717, 1.165) is 17.0 Å². The smallest absolute Gasteiger partial charge is 0.396 e. The summed E-state index contributed by atoms with van der Waals surface area (Å²) in [6.45, 7) is -0.207. The van der Waals surface area contributed by atoms with Crippen molar-refractivity contribution in [1.82, 2.24) is 0 Å². The van der Waals surface area contributed by atoms with Gasteiger partial charge in [-0.1, -0.05) is 6.07 Å². The number of aliphatic hydroxyl groups excluding tert-OH is 1. The van der Waals surface area contributed by atoms with Crippen LogP contribution in [0.4, 0.5) is 18.9 Å². The standard InChI is InChI=1S/C13H12F3NO3/c14-13(15,16)9-3-2-8-6-11(19)12(20)17(4-1-5-18)10(8)7-9/h2-3,7,18H,1,4-6H2. The van der Waals surface area contributed by atoms with Crippen LogP contribution in [0.15, 0.2) is 18.2 Å². The lowest BCUT2D eigenvalue weighted by Gasteiger charge is -2.29. The predicted molar refractivity (Wildman–Crippen MR) is 64.2 cm³/mol.